The van der Waals surface area contributed by atoms with Crippen molar-refractivity contribution in [1.82, 2.24) is 10.2 Å². The first-order chi connectivity index (χ1) is 9.13. The molecule has 1 aromatic carbocycles. The summed E-state index contributed by atoms with van der Waals surface area (Å²) in [7, 11) is 4.28. The number of benzene rings is 1. The van der Waals surface area contributed by atoms with Crippen molar-refractivity contribution < 1.29 is 0 Å². The van der Waals surface area contributed by atoms with Crippen LogP contribution in [0.25, 0.3) is 0 Å². The van der Waals surface area contributed by atoms with Gasteiger partial charge in [-0.15, -0.1) is 0 Å². The molecule has 2 rings (SSSR count). The molecule has 1 aliphatic rings. The van der Waals surface area contributed by atoms with E-state index in [9.17, 15) is 0 Å². The van der Waals surface area contributed by atoms with Crippen LogP contribution < -0.4 is 10.2 Å². The second-order valence-corrected chi connectivity index (χ2v) is 5.81. The Morgan fingerprint density at radius 1 is 1.32 bits per heavy atom. The van der Waals surface area contributed by atoms with E-state index in [0.29, 0.717) is 12.1 Å². The Morgan fingerprint density at radius 3 is 2.74 bits per heavy atom. The number of aryl methyl sites for hydroxylation is 1. The van der Waals surface area contributed by atoms with Gasteiger partial charge in [-0.25, -0.2) is 0 Å². The predicted octanol–water partition coefficient (Wildman–Crippen LogP) is 2.11. The van der Waals surface area contributed by atoms with Gasteiger partial charge in [0.15, 0.2) is 0 Å². The molecule has 3 heteroatoms. The summed E-state index contributed by atoms with van der Waals surface area (Å²) in [5, 5.41) is 3.36. The predicted molar refractivity (Wildman–Crippen MR) is 82.9 cm³/mol. The van der Waals surface area contributed by atoms with Crippen molar-refractivity contribution in [3.05, 3.63) is 29.8 Å². The van der Waals surface area contributed by atoms with Crippen molar-refractivity contribution in [2.24, 2.45) is 0 Å². The first kappa shape index (κ1) is 14.4. The Bertz CT molecular complexity index is 405. The quantitative estimate of drug-likeness (QED) is 0.899. The summed E-state index contributed by atoms with van der Waals surface area (Å²) < 4.78 is 0. The van der Waals surface area contributed by atoms with E-state index in [0.717, 1.165) is 13.1 Å². The molecule has 1 aliphatic heterocycles. The Balaban J connectivity index is 2.33. The number of likely N-dealkylation sites (N-methyl/N-ethyl adjacent to an activating group) is 2. The maximum Gasteiger partial charge on any atom is 0.0544 e. The lowest BCUT2D eigenvalue weighted by atomic mass is 10.1. The van der Waals surface area contributed by atoms with Crippen LogP contribution in [0.15, 0.2) is 24.3 Å². The van der Waals surface area contributed by atoms with E-state index < -0.39 is 0 Å². The third-order valence-corrected chi connectivity index (χ3v) is 4.15. The summed E-state index contributed by atoms with van der Waals surface area (Å²) in [4.78, 5) is 5.08. The van der Waals surface area contributed by atoms with Crippen molar-refractivity contribution in [2.45, 2.75) is 32.4 Å². The van der Waals surface area contributed by atoms with Crippen LogP contribution in [-0.2, 0) is 0 Å². The zero-order chi connectivity index (χ0) is 13.8. The molecule has 1 heterocycles. The van der Waals surface area contributed by atoms with Gasteiger partial charge in [-0.05, 0) is 52.5 Å². The van der Waals surface area contributed by atoms with Gasteiger partial charge in [0.1, 0.15) is 0 Å². The second kappa shape index (κ2) is 6.40. The van der Waals surface area contributed by atoms with E-state index in [1.165, 1.54) is 24.2 Å². The Morgan fingerprint density at radius 2 is 2.05 bits per heavy atom. The Labute approximate surface area is 117 Å². The van der Waals surface area contributed by atoms with E-state index in [4.69, 9.17) is 0 Å². The van der Waals surface area contributed by atoms with Gasteiger partial charge in [0.05, 0.1) is 6.04 Å². The zero-order valence-electron chi connectivity index (χ0n) is 12.7. The highest BCUT2D eigenvalue weighted by molar-refractivity contribution is 5.55. The van der Waals surface area contributed by atoms with Crippen LogP contribution in [0.4, 0.5) is 5.69 Å². The highest BCUT2D eigenvalue weighted by Gasteiger charge is 2.28. The highest BCUT2D eigenvalue weighted by atomic mass is 15.3. The number of anilines is 1. The average Bonchev–Trinajstić information content (AvgIpc) is 2.51. The molecule has 19 heavy (non-hydrogen) atoms. The van der Waals surface area contributed by atoms with Crippen LogP contribution in [0.3, 0.4) is 0 Å². The number of nitrogens with zero attached hydrogens (tertiary/aromatic N) is 2. The molecule has 1 saturated heterocycles. The van der Waals surface area contributed by atoms with Gasteiger partial charge >= 0.3 is 0 Å². The molecule has 0 saturated carbocycles. The third-order valence-electron chi connectivity index (χ3n) is 4.15. The molecular weight excluding hydrogens is 234 g/mol. The molecule has 0 aliphatic carbocycles. The molecule has 2 unspecified atom stereocenters. The molecule has 3 nitrogen and oxygen atoms in total. The first-order valence-electron chi connectivity index (χ1n) is 7.30. The molecule has 106 valence electrons. The number of rotatable bonds is 3. The maximum absolute atomic E-state index is 3.36. The number of hydrogen-bond acceptors (Lipinski definition) is 3. The van der Waals surface area contributed by atoms with E-state index in [1.807, 2.05) is 7.05 Å². The molecule has 0 spiro atoms. The summed E-state index contributed by atoms with van der Waals surface area (Å²) in [6.07, 6.45) is 1.23. The lowest BCUT2D eigenvalue weighted by molar-refractivity contribution is 0.328. The van der Waals surface area contributed by atoms with Crippen molar-refractivity contribution >= 4 is 5.69 Å². The van der Waals surface area contributed by atoms with Gasteiger partial charge in [-0.2, -0.15) is 0 Å². The van der Waals surface area contributed by atoms with Crippen LogP contribution in [0.2, 0.25) is 0 Å². The van der Waals surface area contributed by atoms with Gasteiger partial charge in [0, 0.05) is 24.8 Å². The minimum Gasteiger partial charge on any atom is -0.363 e. The number of hydrogen-bond donors (Lipinski definition) is 1. The normalized spacial score (nSPS) is 25.4. The summed E-state index contributed by atoms with van der Waals surface area (Å²) >= 11 is 0. The summed E-state index contributed by atoms with van der Waals surface area (Å²) in [5.41, 5.74) is 2.77. The van der Waals surface area contributed by atoms with E-state index >= 15 is 0 Å². The summed E-state index contributed by atoms with van der Waals surface area (Å²) in [5.74, 6) is 0. The molecule has 0 bridgehead atoms. The lowest BCUT2D eigenvalue weighted by Gasteiger charge is -2.38. The van der Waals surface area contributed by atoms with Gasteiger partial charge in [-0.3, -0.25) is 0 Å². The lowest BCUT2D eigenvalue weighted by Crippen LogP contribution is -2.49. The minimum absolute atomic E-state index is 0.536. The molecular formula is C16H27N3. The van der Waals surface area contributed by atoms with Crippen LogP contribution in [0.1, 0.15) is 18.9 Å². The molecule has 1 fully saturated rings. The molecule has 0 aromatic heterocycles. The van der Waals surface area contributed by atoms with Gasteiger partial charge in [-0.1, -0.05) is 18.2 Å². The SMILES string of the molecule is CNCC1CN(C)CCC(C)N1c1ccccc1C. The minimum atomic E-state index is 0.536. The fourth-order valence-electron chi connectivity index (χ4n) is 3.13. The fourth-order valence-corrected chi connectivity index (χ4v) is 3.13. The van der Waals surface area contributed by atoms with Crippen LogP contribution >= 0.6 is 0 Å². The highest BCUT2D eigenvalue weighted by Crippen LogP contribution is 2.27. The molecule has 2 atom stereocenters. The summed E-state index contributed by atoms with van der Waals surface area (Å²) in [6, 6.07) is 9.88. The summed E-state index contributed by atoms with van der Waals surface area (Å²) in [6.45, 7) is 7.91. The standard InChI is InChI=1S/C16H27N3/c1-13-7-5-6-8-16(13)19-14(2)9-10-18(4)12-15(19)11-17-3/h5-8,14-15,17H,9-12H2,1-4H3. The van der Waals surface area contributed by atoms with Crippen molar-refractivity contribution in [2.75, 3.05) is 38.6 Å². The zero-order valence-corrected chi connectivity index (χ0v) is 12.7. The number of para-hydroxylation sites is 1. The monoisotopic (exact) mass is 261 g/mol. The van der Waals surface area contributed by atoms with Gasteiger partial charge in [0.2, 0.25) is 0 Å². The molecule has 0 radical (unpaired) electrons. The van der Waals surface area contributed by atoms with Crippen LogP contribution in [-0.4, -0.2) is 50.7 Å². The fraction of sp³-hybridized carbons (Fsp3) is 0.625. The second-order valence-electron chi connectivity index (χ2n) is 5.81. The largest absolute Gasteiger partial charge is 0.363 e. The van der Waals surface area contributed by atoms with Crippen LogP contribution in [0, 0.1) is 6.92 Å². The smallest absolute Gasteiger partial charge is 0.0544 e. The first-order valence-corrected chi connectivity index (χ1v) is 7.30. The molecule has 1 aromatic rings. The molecule has 0 amide bonds. The van der Waals surface area contributed by atoms with Crippen LogP contribution in [0.5, 0.6) is 0 Å². The Hall–Kier alpha value is -1.06. The van der Waals surface area contributed by atoms with E-state index in [2.05, 4.69) is 60.3 Å². The van der Waals surface area contributed by atoms with Gasteiger partial charge in [0.25, 0.3) is 0 Å². The average molecular weight is 261 g/mol. The maximum atomic E-state index is 3.36. The van der Waals surface area contributed by atoms with Crippen molar-refractivity contribution in [1.29, 1.82) is 0 Å². The van der Waals surface area contributed by atoms with Crippen molar-refractivity contribution in [3.63, 3.8) is 0 Å². The van der Waals surface area contributed by atoms with Gasteiger partial charge < -0.3 is 15.1 Å². The van der Waals surface area contributed by atoms with E-state index in [-0.39, 0.29) is 0 Å². The topological polar surface area (TPSA) is 18.5 Å². The number of nitrogens with one attached hydrogen (secondary N) is 1. The molecule has 1 N–H and O–H groups in total. The van der Waals surface area contributed by atoms with E-state index in [1.54, 1.807) is 0 Å². The van der Waals surface area contributed by atoms with Crippen molar-refractivity contribution in [3.8, 4) is 0 Å². The third kappa shape index (κ3) is 3.28. The Kier molecular flexibility index (Phi) is 4.83.